The molecule has 2 aliphatic heterocycles. The highest BCUT2D eigenvalue weighted by Crippen LogP contribution is 2.33. The molecule has 3 aliphatic rings. The van der Waals surface area contributed by atoms with E-state index in [1.54, 1.807) is 4.90 Å². The van der Waals surface area contributed by atoms with Crippen LogP contribution in [0, 0.1) is 12.8 Å². The molecule has 3 atom stereocenters. The van der Waals surface area contributed by atoms with Crippen molar-refractivity contribution in [1.29, 1.82) is 0 Å². The lowest BCUT2D eigenvalue weighted by Gasteiger charge is -2.34. The lowest BCUT2D eigenvalue weighted by Crippen LogP contribution is -2.52. The van der Waals surface area contributed by atoms with E-state index in [-0.39, 0.29) is 24.5 Å². The van der Waals surface area contributed by atoms with Crippen molar-refractivity contribution in [1.82, 2.24) is 14.7 Å². The molecule has 152 valence electrons. The summed E-state index contributed by atoms with van der Waals surface area (Å²) < 4.78 is 0. The van der Waals surface area contributed by atoms with Crippen molar-refractivity contribution in [3.63, 3.8) is 0 Å². The normalized spacial score (nSPS) is 24.6. The third-order valence-electron chi connectivity index (χ3n) is 6.81. The fraction of sp³-hybridized carbons (Fsp3) is 0.636. The van der Waals surface area contributed by atoms with Crippen LogP contribution in [0.3, 0.4) is 0 Å². The van der Waals surface area contributed by atoms with Crippen LogP contribution in [0.5, 0.6) is 0 Å². The number of piperidine rings is 1. The Labute approximate surface area is 167 Å². The van der Waals surface area contributed by atoms with E-state index in [2.05, 4.69) is 13.0 Å². The number of rotatable bonds is 4. The van der Waals surface area contributed by atoms with Crippen molar-refractivity contribution in [2.24, 2.45) is 5.92 Å². The van der Waals surface area contributed by atoms with E-state index in [0.29, 0.717) is 25.6 Å². The minimum atomic E-state index is -0.510. The van der Waals surface area contributed by atoms with E-state index in [0.717, 1.165) is 31.2 Å². The van der Waals surface area contributed by atoms with Crippen LogP contribution >= 0.6 is 0 Å². The van der Waals surface area contributed by atoms with Crippen LogP contribution in [0.4, 0.5) is 0 Å². The number of benzene rings is 1. The molecule has 28 heavy (non-hydrogen) atoms. The van der Waals surface area contributed by atoms with Crippen molar-refractivity contribution in [3.05, 3.63) is 34.4 Å². The minimum Gasteiger partial charge on any atom is -0.394 e. The van der Waals surface area contributed by atoms with Crippen molar-refractivity contribution in [2.75, 3.05) is 40.3 Å². The van der Waals surface area contributed by atoms with Gasteiger partial charge in [0.2, 0.25) is 5.91 Å². The highest BCUT2D eigenvalue weighted by molar-refractivity contribution is 5.96. The summed E-state index contributed by atoms with van der Waals surface area (Å²) >= 11 is 0. The number of carbonyl (C=O) groups is 2. The summed E-state index contributed by atoms with van der Waals surface area (Å²) in [7, 11) is 3.63. The van der Waals surface area contributed by atoms with E-state index >= 15 is 0 Å². The number of hydrogen-bond donors (Lipinski definition) is 1. The predicted octanol–water partition coefficient (Wildman–Crippen LogP) is 1.08. The molecule has 6 nitrogen and oxygen atoms in total. The minimum absolute atomic E-state index is 0.0227. The van der Waals surface area contributed by atoms with Gasteiger partial charge in [-0.25, -0.2) is 0 Å². The van der Waals surface area contributed by atoms with E-state index < -0.39 is 6.04 Å². The second kappa shape index (κ2) is 7.48. The summed E-state index contributed by atoms with van der Waals surface area (Å²) in [5.41, 5.74) is 4.75. The van der Waals surface area contributed by atoms with E-state index in [1.807, 2.05) is 30.0 Å². The maximum absolute atomic E-state index is 13.3. The lowest BCUT2D eigenvalue weighted by molar-refractivity contribution is -0.138. The first-order valence-electron chi connectivity index (χ1n) is 10.4. The fourth-order valence-corrected chi connectivity index (χ4v) is 5.31. The number of likely N-dealkylation sites (tertiary alicyclic amines) is 2. The van der Waals surface area contributed by atoms with Crippen molar-refractivity contribution >= 4 is 11.8 Å². The predicted molar refractivity (Wildman–Crippen MR) is 107 cm³/mol. The number of aryl methyl sites for hydroxylation is 1. The zero-order valence-electron chi connectivity index (χ0n) is 17.1. The zero-order valence-corrected chi connectivity index (χ0v) is 17.1. The monoisotopic (exact) mass is 385 g/mol. The van der Waals surface area contributed by atoms with E-state index in [1.165, 1.54) is 16.7 Å². The summed E-state index contributed by atoms with van der Waals surface area (Å²) in [6.07, 6.45) is 4.14. The Balaban J connectivity index is 1.52. The molecule has 1 aliphatic carbocycles. The van der Waals surface area contributed by atoms with Gasteiger partial charge in [-0.15, -0.1) is 0 Å². The molecule has 2 unspecified atom stereocenters. The first kappa shape index (κ1) is 19.4. The summed E-state index contributed by atoms with van der Waals surface area (Å²) in [4.78, 5) is 31.9. The molecule has 4 rings (SSSR count). The number of likely N-dealkylation sites (N-methyl/N-ethyl adjacent to an activating group) is 1. The molecule has 2 saturated heterocycles. The van der Waals surface area contributed by atoms with Gasteiger partial charge in [0, 0.05) is 31.2 Å². The highest BCUT2D eigenvalue weighted by atomic mass is 16.3. The summed E-state index contributed by atoms with van der Waals surface area (Å²) in [5.74, 6) is 0.422. The third kappa shape index (κ3) is 3.22. The SMILES string of the molecule is Cc1ccc(C(=O)N2CC3CC(C2)N(C(=O)[C@@H](CO)N(C)C)C3)c2c1CCC2. The molecule has 1 aromatic carbocycles. The molecule has 0 radical (unpaired) electrons. The summed E-state index contributed by atoms with van der Waals surface area (Å²) in [6.45, 7) is 3.94. The molecule has 2 amide bonds. The zero-order chi connectivity index (χ0) is 20.0. The van der Waals surface area contributed by atoms with Gasteiger partial charge >= 0.3 is 0 Å². The van der Waals surface area contributed by atoms with Gasteiger partial charge in [0.25, 0.3) is 5.91 Å². The molecule has 2 fully saturated rings. The van der Waals surface area contributed by atoms with Gasteiger partial charge in [-0.05, 0) is 75.4 Å². The Morgan fingerprint density at radius 1 is 1.18 bits per heavy atom. The Kier molecular flexibility index (Phi) is 5.19. The van der Waals surface area contributed by atoms with Crippen LogP contribution in [0.15, 0.2) is 12.1 Å². The molecule has 0 saturated carbocycles. The Bertz CT molecular complexity index is 791. The average Bonchev–Trinajstić information content (AvgIpc) is 3.26. The Morgan fingerprint density at radius 2 is 1.93 bits per heavy atom. The number of hydrogen-bond acceptors (Lipinski definition) is 4. The van der Waals surface area contributed by atoms with Crippen LogP contribution in [0.1, 0.15) is 39.9 Å². The molecule has 0 aromatic heterocycles. The number of fused-ring (bicyclic) bond motifs is 3. The van der Waals surface area contributed by atoms with Gasteiger partial charge in [-0.3, -0.25) is 14.5 Å². The maximum Gasteiger partial charge on any atom is 0.254 e. The van der Waals surface area contributed by atoms with Gasteiger partial charge in [-0.1, -0.05) is 6.07 Å². The van der Waals surface area contributed by atoms with E-state index in [4.69, 9.17) is 0 Å². The van der Waals surface area contributed by atoms with Crippen molar-refractivity contribution in [3.8, 4) is 0 Å². The fourth-order valence-electron chi connectivity index (χ4n) is 5.31. The highest BCUT2D eigenvalue weighted by Gasteiger charge is 2.44. The second-order valence-corrected chi connectivity index (χ2v) is 8.86. The molecular weight excluding hydrogens is 354 g/mol. The number of nitrogens with zero attached hydrogens (tertiary/aromatic N) is 3. The topological polar surface area (TPSA) is 64.1 Å². The van der Waals surface area contributed by atoms with Crippen molar-refractivity contribution in [2.45, 2.75) is 44.7 Å². The smallest absolute Gasteiger partial charge is 0.254 e. The number of amides is 2. The van der Waals surface area contributed by atoms with Crippen LogP contribution in [0.2, 0.25) is 0 Å². The van der Waals surface area contributed by atoms with Crippen molar-refractivity contribution < 1.29 is 14.7 Å². The molecule has 0 spiro atoms. The van der Waals surface area contributed by atoms with Gasteiger partial charge in [-0.2, -0.15) is 0 Å². The quantitative estimate of drug-likeness (QED) is 0.842. The first-order chi connectivity index (χ1) is 13.4. The summed E-state index contributed by atoms with van der Waals surface area (Å²) in [6, 6.07) is 3.62. The van der Waals surface area contributed by atoms with E-state index in [9.17, 15) is 14.7 Å². The van der Waals surface area contributed by atoms with Gasteiger partial charge in [0.05, 0.1) is 6.61 Å². The lowest BCUT2D eigenvalue weighted by atomic mass is 9.95. The largest absolute Gasteiger partial charge is 0.394 e. The third-order valence-corrected chi connectivity index (χ3v) is 6.81. The van der Waals surface area contributed by atoms with Crippen LogP contribution in [-0.2, 0) is 17.6 Å². The molecule has 6 heteroatoms. The molecule has 2 bridgehead atoms. The average molecular weight is 386 g/mol. The van der Waals surface area contributed by atoms with Crippen LogP contribution < -0.4 is 0 Å². The molecular formula is C22H31N3O3. The number of aliphatic hydroxyl groups excluding tert-OH is 1. The summed E-state index contributed by atoms with van der Waals surface area (Å²) in [5, 5.41) is 9.61. The van der Waals surface area contributed by atoms with Crippen LogP contribution in [-0.4, -0.2) is 84.0 Å². The van der Waals surface area contributed by atoms with Crippen LogP contribution in [0.25, 0.3) is 0 Å². The Hall–Kier alpha value is -1.92. The van der Waals surface area contributed by atoms with Gasteiger partial charge < -0.3 is 14.9 Å². The molecule has 2 heterocycles. The van der Waals surface area contributed by atoms with Gasteiger partial charge in [0.1, 0.15) is 6.04 Å². The van der Waals surface area contributed by atoms with Gasteiger partial charge in [0.15, 0.2) is 0 Å². The molecule has 1 aromatic rings. The second-order valence-electron chi connectivity index (χ2n) is 8.86. The number of carbonyl (C=O) groups excluding carboxylic acids is 2. The first-order valence-corrected chi connectivity index (χ1v) is 10.4. The maximum atomic E-state index is 13.3. The number of aliphatic hydroxyl groups is 1. The standard InChI is InChI=1S/C22H31N3O3/c1-14-7-8-19(18-6-4-5-17(14)18)21(27)24-10-15-9-16(12-24)25(11-15)22(28)20(13-26)23(2)3/h7-8,15-16,20,26H,4-6,9-13H2,1-3H3/t15?,16?,20-/m1/s1. The molecule has 1 N–H and O–H groups in total. The Morgan fingerprint density at radius 3 is 2.64 bits per heavy atom.